The van der Waals surface area contributed by atoms with E-state index in [0.717, 1.165) is 31.6 Å². The molecule has 1 heterocycles. The van der Waals surface area contributed by atoms with Crippen LogP contribution < -0.4 is 5.32 Å². The van der Waals surface area contributed by atoms with E-state index in [9.17, 15) is 0 Å². The van der Waals surface area contributed by atoms with Crippen LogP contribution in [0.3, 0.4) is 0 Å². The van der Waals surface area contributed by atoms with Crippen LogP contribution in [0.25, 0.3) is 0 Å². The molecule has 0 radical (unpaired) electrons. The minimum absolute atomic E-state index is 0.576. The maximum Gasteiger partial charge on any atom is 0.0596 e. The Morgan fingerprint density at radius 3 is 2.82 bits per heavy atom. The highest BCUT2D eigenvalue weighted by Crippen LogP contribution is 2.05. The molecule has 0 unspecified atom stereocenters. The summed E-state index contributed by atoms with van der Waals surface area (Å²) in [6.07, 6.45) is 6.57. The molecule has 17 heavy (non-hydrogen) atoms. The van der Waals surface area contributed by atoms with Gasteiger partial charge in [0.15, 0.2) is 0 Å². The molecule has 0 atom stereocenters. The Hall–Kier alpha value is -1.09. The third-order valence-electron chi connectivity index (χ3n) is 2.64. The molecule has 0 saturated heterocycles. The summed E-state index contributed by atoms with van der Waals surface area (Å²) in [5, 5.41) is 7.84. The smallest absolute Gasteiger partial charge is 0.0596 e. The molecule has 0 aliphatic rings. The van der Waals surface area contributed by atoms with Gasteiger partial charge < -0.3 is 5.32 Å². The Morgan fingerprint density at radius 1 is 1.41 bits per heavy atom. The largest absolute Gasteiger partial charge is 0.314 e. The average Bonchev–Trinajstić information content (AvgIpc) is 2.63. The Balaban J connectivity index is 2.31. The number of aromatic nitrogens is 2. The van der Waals surface area contributed by atoms with Crippen LogP contribution in [0.2, 0.25) is 0 Å². The van der Waals surface area contributed by atoms with Gasteiger partial charge in [-0.15, -0.1) is 0 Å². The number of rotatable bonds is 7. The summed E-state index contributed by atoms with van der Waals surface area (Å²) in [6, 6.07) is 2.74. The van der Waals surface area contributed by atoms with Crippen molar-refractivity contribution in [2.75, 3.05) is 6.54 Å². The first-order chi connectivity index (χ1) is 8.13. The fourth-order valence-electron chi connectivity index (χ4n) is 1.81. The monoisotopic (exact) mass is 235 g/mol. The summed E-state index contributed by atoms with van der Waals surface area (Å²) in [5.74, 6) is 0. The maximum absolute atomic E-state index is 4.44. The third-order valence-corrected chi connectivity index (χ3v) is 2.64. The predicted octanol–water partition coefficient (Wildman–Crippen LogP) is 2.70. The van der Waals surface area contributed by atoms with Gasteiger partial charge in [0.05, 0.1) is 5.69 Å². The second-order valence-corrected chi connectivity index (χ2v) is 4.67. The van der Waals surface area contributed by atoms with Gasteiger partial charge in [-0.05, 0) is 32.9 Å². The van der Waals surface area contributed by atoms with E-state index < -0.39 is 0 Å². The molecule has 1 rings (SSSR count). The summed E-state index contributed by atoms with van der Waals surface area (Å²) >= 11 is 0. The molecule has 96 valence electrons. The van der Waals surface area contributed by atoms with Gasteiger partial charge in [0.25, 0.3) is 0 Å². The molecular weight excluding hydrogens is 210 g/mol. The van der Waals surface area contributed by atoms with Gasteiger partial charge in [-0.25, -0.2) is 0 Å². The Kier molecular flexibility index (Phi) is 5.98. The Bertz CT molecular complexity index is 350. The first kappa shape index (κ1) is 14.0. The van der Waals surface area contributed by atoms with Crippen LogP contribution in [0, 0.1) is 6.92 Å². The SMILES string of the molecule is CCn1nc(C)cc1CC=CCCNC(C)C. The lowest BCUT2D eigenvalue weighted by atomic mass is 10.2. The zero-order chi connectivity index (χ0) is 12.7. The summed E-state index contributed by atoms with van der Waals surface area (Å²) in [4.78, 5) is 0. The van der Waals surface area contributed by atoms with Crippen molar-refractivity contribution in [3.63, 3.8) is 0 Å². The van der Waals surface area contributed by atoms with Crippen molar-refractivity contribution in [1.29, 1.82) is 0 Å². The molecule has 0 amide bonds. The van der Waals surface area contributed by atoms with Crippen LogP contribution in [-0.4, -0.2) is 22.4 Å². The highest BCUT2D eigenvalue weighted by Gasteiger charge is 2.00. The minimum Gasteiger partial charge on any atom is -0.314 e. The molecular formula is C14H25N3. The van der Waals surface area contributed by atoms with Crippen molar-refractivity contribution >= 4 is 0 Å². The Morgan fingerprint density at radius 2 is 2.18 bits per heavy atom. The fourth-order valence-corrected chi connectivity index (χ4v) is 1.81. The molecule has 3 nitrogen and oxygen atoms in total. The number of nitrogens with zero attached hydrogens (tertiary/aromatic N) is 2. The van der Waals surface area contributed by atoms with Gasteiger partial charge in [0, 0.05) is 24.7 Å². The predicted molar refractivity (Wildman–Crippen MR) is 73.2 cm³/mol. The Labute approximate surface area is 105 Å². The van der Waals surface area contributed by atoms with Crippen LogP contribution in [-0.2, 0) is 13.0 Å². The summed E-state index contributed by atoms with van der Waals surface area (Å²) in [5.41, 5.74) is 2.41. The molecule has 1 N–H and O–H groups in total. The van der Waals surface area contributed by atoms with E-state index in [4.69, 9.17) is 0 Å². The fraction of sp³-hybridized carbons (Fsp3) is 0.643. The molecule has 1 aromatic rings. The van der Waals surface area contributed by atoms with Gasteiger partial charge in [-0.3, -0.25) is 4.68 Å². The summed E-state index contributed by atoms with van der Waals surface area (Å²) in [6.45, 7) is 10.5. The highest BCUT2D eigenvalue weighted by atomic mass is 15.3. The summed E-state index contributed by atoms with van der Waals surface area (Å²) in [7, 11) is 0. The lowest BCUT2D eigenvalue weighted by molar-refractivity contribution is 0.594. The van der Waals surface area contributed by atoms with E-state index in [0.29, 0.717) is 6.04 Å². The van der Waals surface area contributed by atoms with E-state index in [-0.39, 0.29) is 0 Å². The van der Waals surface area contributed by atoms with E-state index in [1.165, 1.54) is 5.69 Å². The van der Waals surface area contributed by atoms with Crippen molar-refractivity contribution in [1.82, 2.24) is 15.1 Å². The lowest BCUT2D eigenvalue weighted by Gasteiger charge is -2.05. The molecule has 0 aliphatic heterocycles. The second-order valence-electron chi connectivity index (χ2n) is 4.67. The van der Waals surface area contributed by atoms with Gasteiger partial charge in [0.2, 0.25) is 0 Å². The zero-order valence-electron chi connectivity index (χ0n) is 11.5. The van der Waals surface area contributed by atoms with Crippen LogP contribution in [0.1, 0.15) is 38.6 Å². The number of hydrogen-bond acceptors (Lipinski definition) is 2. The van der Waals surface area contributed by atoms with Crippen molar-refractivity contribution in [2.45, 2.75) is 53.1 Å². The second kappa shape index (κ2) is 7.28. The zero-order valence-corrected chi connectivity index (χ0v) is 11.5. The maximum atomic E-state index is 4.44. The van der Waals surface area contributed by atoms with Crippen molar-refractivity contribution in [3.8, 4) is 0 Å². The standard InChI is InChI=1S/C14H25N3/c1-5-17-14(11-13(4)16-17)9-7-6-8-10-15-12(2)3/h6-7,11-12,15H,5,8-10H2,1-4H3. The number of allylic oxidation sites excluding steroid dienone is 1. The topological polar surface area (TPSA) is 29.9 Å². The van der Waals surface area contributed by atoms with Crippen LogP contribution in [0.15, 0.2) is 18.2 Å². The molecule has 0 spiro atoms. The lowest BCUT2D eigenvalue weighted by Crippen LogP contribution is -2.23. The number of hydrogen-bond donors (Lipinski definition) is 1. The summed E-state index contributed by atoms with van der Waals surface area (Å²) < 4.78 is 2.08. The minimum atomic E-state index is 0.576. The van der Waals surface area contributed by atoms with E-state index in [1.54, 1.807) is 0 Å². The number of aryl methyl sites for hydroxylation is 2. The van der Waals surface area contributed by atoms with Crippen LogP contribution >= 0.6 is 0 Å². The molecule has 1 aromatic heterocycles. The molecule has 0 aromatic carbocycles. The van der Waals surface area contributed by atoms with Gasteiger partial charge >= 0.3 is 0 Å². The van der Waals surface area contributed by atoms with Gasteiger partial charge in [-0.2, -0.15) is 5.10 Å². The van der Waals surface area contributed by atoms with Crippen LogP contribution in [0.5, 0.6) is 0 Å². The normalized spacial score (nSPS) is 11.8. The van der Waals surface area contributed by atoms with E-state index in [2.05, 4.69) is 54.1 Å². The third kappa shape index (κ3) is 5.18. The molecule has 0 saturated carbocycles. The molecule has 0 fully saturated rings. The van der Waals surface area contributed by atoms with E-state index in [1.807, 2.05) is 6.92 Å². The van der Waals surface area contributed by atoms with Crippen molar-refractivity contribution in [3.05, 3.63) is 29.6 Å². The molecule has 0 aliphatic carbocycles. The number of nitrogens with one attached hydrogen (secondary N) is 1. The van der Waals surface area contributed by atoms with Crippen molar-refractivity contribution < 1.29 is 0 Å². The molecule has 3 heteroatoms. The van der Waals surface area contributed by atoms with Crippen LogP contribution in [0.4, 0.5) is 0 Å². The van der Waals surface area contributed by atoms with Gasteiger partial charge in [0.1, 0.15) is 0 Å². The first-order valence-electron chi connectivity index (χ1n) is 6.55. The van der Waals surface area contributed by atoms with Crippen molar-refractivity contribution in [2.24, 2.45) is 0 Å². The first-order valence-corrected chi connectivity index (χ1v) is 6.55. The average molecular weight is 235 g/mol. The van der Waals surface area contributed by atoms with Gasteiger partial charge in [-0.1, -0.05) is 26.0 Å². The van der Waals surface area contributed by atoms with E-state index >= 15 is 0 Å². The molecule has 0 bridgehead atoms. The quantitative estimate of drug-likeness (QED) is 0.582. The highest BCUT2D eigenvalue weighted by molar-refractivity contribution is 5.12.